The Labute approximate surface area is 169 Å². The number of hydrogen-bond donors (Lipinski definition) is 1. The van der Waals surface area contributed by atoms with Crippen LogP contribution in [0.25, 0.3) is 22.2 Å². The number of carbonyl (C=O) groups is 1. The van der Waals surface area contributed by atoms with E-state index in [1.54, 1.807) is 30.6 Å². The van der Waals surface area contributed by atoms with Crippen molar-refractivity contribution in [1.82, 2.24) is 19.7 Å². The zero-order valence-electron chi connectivity index (χ0n) is 16.5. The van der Waals surface area contributed by atoms with E-state index in [9.17, 15) is 4.79 Å². The fraction of sp³-hybridized carbons (Fsp3) is 0.238. The Kier molecular flexibility index (Phi) is 4.99. The molecule has 1 fully saturated rings. The molecule has 0 saturated carbocycles. The standard InChI is InChI=1S/C21H23N7O/c1-23-12-17(11-22)15-3-4-16-13-25-28(19(16)9-15)18-5-6-24-20(10-18)27-8-7-26(2)21(29)14-27/h3-6,9-13H,7-8,14,22H2,1-2H3/b17-11+,23-12?. The summed E-state index contributed by atoms with van der Waals surface area (Å²) in [6.07, 6.45) is 6.86. The van der Waals surface area contributed by atoms with Crippen molar-refractivity contribution in [2.24, 2.45) is 10.7 Å². The van der Waals surface area contributed by atoms with Gasteiger partial charge in [0.15, 0.2) is 0 Å². The van der Waals surface area contributed by atoms with Crippen LogP contribution in [-0.4, -0.2) is 65.5 Å². The van der Waals surface area contributed by atoms with Gasteiger partial charge in [-0.25, -0.2) is 9.67 Å². The predicted molar refractivity (Wildman–Crippen MR) is 115 cm³/mol. The number of anilines is 1. The van der Waals surface area contributed by atoms with Gasteiger partial charge in [-0.15, -0.1) is 0 Å². The van der Waals surface area contributed by atoms with E-state index in [0.29, 0.717) is 13.1 Å². The number of carbonyl (C=O) groups excluding carboxylic acids is 1. The molecule has 1 aromatic carbocycles. The van der Waals surface area contributed by atoms with Crippen LogP contribution in [0.1, 0.15) is 5.56 Å². The summed E-state index contributed by atoms with van der Waals surface area (Å²) in [4.78, 5) is 24.3. The van der Waals surface area contributed by atoms with Gasteiger partial charge in [0.25, 0.3) is 0 Å². The largest absolute Gasteiger partial charge is 0.404 e. The lowest BCUT2D eigenvalue weighted by Gasteiger charge is -2.32. The molecular formula is C21H23N7O. The Hall–Kier alpha value is -3.68. The Morgan fingerprint density at radius 3 is 2.86 bits per heavy atom. The average Bonchev–Trinajstić information content (AvgIpc) is 3.17. The van der Waals surface area contributed by atoms with Crippen LogP contribution in [-0.2, 0) is 4.79 Å². The number of rotatable bonds is 4. The van der Waals surface area contributed by atoms with Gasteiger partial charge < -0.3 is 15.5 Å². The van der Waals surface area contributed by atoms with Crippen molar-refractivity contribution in [2.75, 3.05) is 38.6 Å². The number of hydrogen-bond acceptors (Lipinski definition) is 6. The molecule has 0 bridgehead atoms. The molecule has 8 heteroatoms. The molecule has 8 nitrogen and oxygen atoms in total. The van der Waals surface area contributed by atoms with Crippen LogP contribution in [0, 0.1) is 0 Å². The molecule has 3 aromatic rings. The molecular weight excluding hydrogens is 366 g/mol. The molecule has 1 saturated heterocycles. The lowest BCUT2D eigenvalue weighted by atomic mass is 10.1. The molecule has 4 rings (SSSR count). The van der Waals surface area contributed by atoms with Gasteiger partial charge in [-0.2, -0.15) is 5.10 Å². The number of likely N-dealkylation sites (N-methyl/N-ethyl adjacent to an activating group) is 1. The van der Waals surface area contributed by atoms with E-state index in [1.807, 2.05) is 53.2 Å². The van der Waals surface area contributed by atoms with Crippen LogP contribution in [0.3, 0.4) is 0 Å². The normalized spacial score (nSPS) is 15.7. The van der Waals surface area contributed by atoms with Crippen molar-refractivity contribution < 1.29 is 4.79 Å². The molecule has 0 unspecified atom stereocenters. The van der Waals surface area contributed by atoms with E-state index in [-0.39, 0.29) is 5.91 Å². The molecule has 148 valence electrons. The predicted octanol–water partition coefficient (Wildman–Crippen LogP) is 1.70. The maximum absolute atomic E-state index is 12.1. The maximum Gasteiger partial charge on any atom is 0.241 e. The van der Waals surface area contributed by atoms with E-state index in [1.165, 1.54) is 0 Å². The Balaban J connectivity index is 1.72. The highest BCUT2D eigenvalue weighted by atomic mass is 16.2. The number of allylic oxidation sites excluding steroid dienone is 1. The van der Waals surface area contributed by atoms with Crippen LogP contribution in [0.2, 0.25) is 0 Å². The van der Waals surface area contributed by atoms with Crippen molar-refractivity contribution >= 4 is 34.4 Å². The summed E-state index contributed by atoms with van der Waals surface area (Å²) < 4.78 is 1.87. The number of benzene rings is 1. The van der Waals surface area contributed by atoms with Crippen molar-refractivity contribution in [1.29, 1.82) is 0 Å². The van der Waals surface area contributed by atoms with E-state index in [4.69, 9.17) is 5.73 Å². The number of fused-ring (bicyclic) bond motifs is 1. The molecule has 1 aliphatic rings. The first-order chi connectivity index (χ1) is 14.1. The third-order valence-corrected chi connectivity index (χ3v) is 5.11. The first-order valence-electron chi connectivity index (χ1n) is 9.38. The minimum Gasteiger partial charge on any atom is -0.404 e. The SMILES string of the molecule is CN=C/C(=C\N)c1ccc2cnn(-c3ccnc(N4CCN(C)C(=O)C4)c3)c2c1. The van der Waals surface area contributed by atoms with Crippen LogP contribution >= 0.6 is 0 Å². The third-order valence-electron chi connectivity index (χ3n) is 5.11. The molecule has 29 heavy (non-hydrogen) atoms. The van der Waals surface area contributed by atoms with E-state index in [2.05, 4.69) is 15.1 Å². The van der Waals surface area contributed by atoms with Gasteiger partial charge in [-0.1, -0.05) is 12.1 Å². The lowest BCUT2D eigenvalue weighted by Crippen LogP contribution is -2.48. The molecule has 2 N–H and O–H groups in total. The first-order valence-corrected chi connectivity index (χ1v) is 9.38. The second-order valence-electron chi connectivity index (χ2n) is 6.95. The van der Waals surface area contributed by atoms with Crippen LogP contribution < -0.4 is 10.6 Å². The fourth-order valence-corrected chi connectivity index (χ4v) is 3.42. The molecule has 1 aliphatic heterocycles. The summed E-state index contributed by atoms with van der Waals surface area (Å²) in [5, 5.41) is 5.58. The lowest BCUT2D eigenvalue weighted by molar-refractivity contribution is -0.129. The number of piperazine rings is 1. The zero-order valence-corrected chi connectivity index (χ0v) is 16.5. The van der Waals surface area contributed by atoms with Crippen LogP contribution in [0.4, 0.5) is 5.82 Å². The van der Waals surface area contributed by atoms with Gasteiger partial charge in [0.1, 0.15) is 5.82 Å². The zero-order chi connectivity index (χ0) is 20.4. The highest BCUT2D eigenvalue weighted by Gasteiger charge is 2.22. The molecule has 0 atom stereocenters. The van der Waals surface area contributed by atoms with Gasteiger partial charge in [0.2, 0.25) is 5.91 Å². The molecule has 0 spiro atoms. The summed E-state index contributed by atoms with van der Waals surface area (Å²) in [7, 11) is 3.54. The minimum absolute atomic E-state index is 0.0938. The summed E-state index contributed by atoms with van der Waals surface area (Å²) in [6.45, 7) is 1.77. The summed E-state index contributed by atoms with van der Waals surface area (Å²) in [6, 6.07) is 9.94. The number of amides is 1. The Morgan fingerprint density at radius 1 is 1.24 bits per heavy atom. The van der Waals surface area contributed by atoms with Crippen LogP contribution in [0.15, 0.2) is 53.9 Å². The van der Waals surface area contributed by atoms with Crippen molar-refractivity contribution in [3.8, 4) is 5.69 Å². The second kappa shape index (κ2) is 7.75. The molecule has 2 aromatic heterocycles. The van der Waals surface area contributed by atoms with Gasteiger partial charge >= 0.3 is 0 Å². The van der Waals surface area contributed by atoms with Crippen molar-refractivity contribution in [3.63, 3.8) is 0 Å². The molecule has 1 amide bonds. The van der Waals surface area contributed by atoms with Crippen LogP contribution in [0.5, 0.6) is 0 Å². The van der Waals surface area contributed by atoms with E-state index >= 15 is 0 Å². The summed E-state index contributed by atoms with van der Waals surface area (Å²) in [5.74, 6) is 0.862. The molecule has 3 heterocycles. The van der Waals surface area contributed by atoms with Gasteiger partial charge in [-0.3, -0.25) is 9.79 Å². The second-order valence-corrected chi connectivity index (χ2v) is 6.95. The maximum atomic E-state index is 12.1. The highest BCUT2D eigenvalue weighted by molar-refractivity contribution is 6.10. The number of aromatic nitrogens is 3. The minimum atomic E-state index is 0.0938. The summed E-state index contributed by atoms with van der Waals surface area (Å²) >= 11 is 0. The quantitative estimate of drug-likeness (QED) is 0.686. The van der Waals surface area contributed by atoms with Gasteiger partial charge in [0, 0.05) is 62.8 Å². The van der Waals surface area contributed by atoms with Crippen molar-refractivity contribution in [2.45, 2.75) is 0 Å². The smallest absolute Gasteiger partial charge is 0.241 e. The van der Waals surface area contributed by atoms with E-state index < -0.39 is 0 Å². The summed E-state index contributed by atoms with van der Waals surface area (Å²) in [5.41, 5.74) is 9.41. The number of aliphatic imine (C=N–C) groups is 1. The van der Waals surface area contributed by atoms with Gasteiger partial charge in [-0.05, 0) is 17.7 Å². The molecule has 0 aliphatic carbocycles. The molecule has 0 radical (unpaired) electrons. The Bertz CT molecular complexity index is 1120. The van der Waals surface area contributed by atoms with E-state index in [0.717, 1.165) is 40.1 Å². The van der Waals surface area contributed by atoms with Gasteiger partial charge in [0.05, 0.1) is 23.9 Å². The average molecular weight is 389 g/mol. The number of nitrogens with two attached hydrogens (primary N) is 1. The Morgan fingerprint density at radius 2 is 2.10 bits per heavy atom. The first kappa shape index (κ1) is 18.7. The number of nitrogens with zero attached hydrogens (tertiary/aromatic N) is 6. The monoisotopic (exact) mass is 389 g/mol. The number of pyridine rings is 1. The topological polar surface area (TPSA) is 92.6 Å². The third kappa shape index (κ3) is 3.56. The van der Waals surface area contributed by atoms with Crippen molar-refractivity contribution in [3.05, 3.63) is 54.5 Å². The fourth-order valence-electron chi connectivity index (χ4n) is 3.42. The highest BCUT2D eigenvalue weighted by Crippen LogP contribution is 2.24.